The molecule has 7 heteroatoms. The van der Waals surface area contributed by atoms with Crippen molar-refractivity contribution in [1.82, 2.24) is 0 Å². The third-order valence-electron chi connectivity index (χ3n) is 3.47. The number of methoxy groups -OCH3 is 1. The number of hydrogen-bond acceptors (Lipinski definition) is 4. The highest BCUT2D eigenvalue weighted by Crippen LogP contribution is 2.34. The van der Waals surface area contributed by atoms with Gasteiger partial charge in [0.1, 0.15) is 0 Å². The predicted octanol–water partition coefficient (Wildman–Crippen LogP) is 2.82. The summed E-state index contributed by atoms with van der Waals surface area (Å²) in [5.74, 6) is 0. The molecule has 2 rings (SSSR count). The second-order valence-electron chi connectivity index (χ2n) is 5.27. The first-order chi connectivity index (χ1) is 10.3. The van der Waals surface area contributed by atoms with Gasteiger partial charge in [-0.2, -0.15) is 18.4 Å². The average Bonchev–Trinajstić information content (AvgIpc) is 2.45. The number of benzene rings is 1. The van der Waals surface area contributed by atoms with E-state index in [-0.39, 0.29) is 17.8 Å². The SMILES string of the molecule is COCC1CN(c2ccc(C(F)(F)F)c(C#N)c2)CC(C)O1. The maximum absolute atomic E-state index is 12.8. The van der Waals surface area contributed by atoms with Crippen LogP contribution >= 0.6 is 0 Å². The van der Waals surface area contributed by atoms with Crippen molar-refractivity contribution in [3.63, 3.8) is 0 Å². The lowest BCUT2D eigenvalue weighted by molar-refractivity contribution is -0.137. The Labute approximate surface area is 127 Å². The van der Waals surface area contributed by atoms with Crippen LogP contribution < -0.4 is 4.90 Å². The lowest BCUT2D eigenvalue weighted by Gasteiger charge is -2.38. The van der Waals surface area contributed by atoms with E-state index in [0.29, 0.717) is 25.4 Å². The molecule has 0 bridgehead atoms. The quantitative estimate of drug-likeness (QED) is 0.860. The zero-order valence-corrected chi connectivity index (χ0v) is 12.4. The predicted molar refractivity (Wildman–Crippen MR) is 74.6 cm³/mol. The molecule has 1 fully saturated rings. The third kappa shape index (κ3) is 3.70. The Morgan fingerprint density at radius 1 is 1.41 bits per heavy atom. The summed E-state index contributed by atoms with van der Waals surface area (Å²) in [7, 11) is 1.57. The molecule has 4 nitrogen and oxygen atoms in total. The molecule has 0 radical (unpaired) electrons. The summed E-state index contributed by atoms with van der Waals surface area (Å²) >= 11 is 0. The van der Waals surface area contributed by atoms with Gasteiger partial charge in [0.05, 0.1) is 36.0 Å². The summed E-state index contributed by atoms with van der Waals surface area (Å²) in [6.07, 6.45) is -4.75. The van der Waals surface area contributed by atoms with Gasteiger partial charge in [-0.05, 0) is 25.1 Å². The molecule has 2 atom stereocenters. The molecule has 0 amide bonds. The van der Waals surface area contributed by atoms with Gasteiger partial charge < -0.3 is 14.4 Å². The highest BCUT2D eigenvalue weighted by atomic mass is 19.4. The summed E-state index contributed by atoms with van der Waals surface area (Å²) in [6, 6.07) is 5.26. The molecule has 0 aliphatic carbocycles. The van der Waals surface area contributed by atoms with E-state index in [1.165, 1.54) is 12.1 Å². The van der Waals surface area contributed by atoms with Crippen molar-refractivity contribution < 1.29 is 22.6 Å². The van der Waals surface area contributed by atoms with E-state index in [1.54, 1.807) is 13.2 Å². The van der Waals surface area contributed by atoms with E-state index in [2.05, 4.69) is 0 Å². The zero-order valence-electron chi connectivity index (χ0n) is 12.4. The number of halogens is 3. The summed E-state index contributed by atoms with van der Waals surface area (Å²) in [5.41, 5.74) is -0.693. The number of nitriles is 1. The summed E-state index contributed by atoms with van der Waals surface area (Å²) < 4.78 is 49.3. The molecule has 2 unspecified atom stereocenters. The number of ether oxygens (including phenoxy) is 2. The molecule has 0 aromatic heterocycles. The first-order valence-electron chi connectivity index (χ1n) is 6.86. The minimum Gasteiger partial charge on any atom is -0.382 e. The smallest absolute Gasteiger partial charge is 0.382 e. The first-order valence-corrected chi connectivity index (χ1v) is 6.86. The van der Waals surface area contributed by atoms with Crippen LogP contribution in [-0.4, -0.2) is 39.0 Å². The van der Waals surface area contributed by atoms with Crippen LogP contribution in [0.4, 0.5) is 18.9 Å². The Bertz CT molecular complexity index is 569. The van der Waals surface area contributed by atoms with Gasteiger partial charge in [-0.25, -0.2) is 0 Å². The van der Waals surface area contributed by atoms with Crippen LogP contribution in [-0.2, 0) is 15.7 Å². The number of nitrogens with zero attached hydrogens (tertiary/aromatic N) is 2. The van der Waals surface area contributed by atoms with Gasteiger partial charge in [-0.15, -0.1) is 0 Å². The highest BCUT2D eigenvalue weighted by molar-refractivity contribution is 5.55. The summed E-state index contributed by atoms with van der Waals surface area (Å²) in [5, 5.41) is 8.98. The number of anilines is 1. The van der Waals surface area contributed by atoms with Crippen molar-refractivity contribution >= 4 is 5.69 Å². The second-order valence-corrected chi connectivity index (χ2v) is 5.27. The molecule has 0 spiro atoms. The standard InChI is InChI=1S/C15H17F3N2O2/c1-10-7-20(8-13(22-10)9-21-2)12-3-4-14(15(16,17)18)11(5-12)6-19/h3-5,10,13H,7-9H2,1-2H3. The summed E-state index contributed by atoms with van der Waals surface area (Å²) in [6.45, 7) is 3.36. The van der Waals surface area contributed by atoms with E-state index in [9.17, 15) is 13.2 Å². The van der Waals surface area contributed by atoms with E-state index in [1.807, 2.05) is 11.8 Å². The van der Waals surface area contributed by atoms with Gasteiger partial charge >= 0.3 is 6.18 Å². The molecule has 0 N–H and O–H groups in total. The van der Waals surface area contributed by atoms with E-state index >= 15 is 0 Å². The Balaban J connectivity index is 2.27. The van der Waals surface area contributed by atoms with Gasteiger partial charge in [0.15, 0.2) is 0 Å². The fourth-order valence-corrected chi connectivity index (χ4v) is 2.60. The van der Waals surface area contributed by atoms with Gasteiger partial charge in [0.25, 0.3) is 0 Å². The lowest BCUT2D eigenvalue weighted by Crippen LogP contribution is -2.48. The van der Waals surface area contributed by atoms with Crippen LogP contribution in [0.1, 0.15) is 18.1 Å². The van der Waals surface area contributed by atoms with Crippen molar-refractivity contribution in [2.24, 2.45) is 0 Å². The maximum atomic E-state index is 12.8. The van der Waals surface area contributed by atoms with Crippen LogP contribution in [0.25, 0.3) is 0 Å². The van der Waals surface area contributed by atoms with Crippen LogP contribution in [0.15, 0.2) is 18.2 Å². The summed E-state index contributed by atoms with van der Waals surface area (Å²) in [4.78, 5) is 1.92. The molecule has 1 aliphatic heterocycles. The van der Waals surface area contributed by atoms with Gasteiger partial charge in [-0.3, -0.25) is 0 Å². The Morgan fingerprint density at radius 2 is 2.14 bits per heavy atom. The van der Waals surface area contributed by atoms with Gasteiger partial charge in [0.2, 0.25) is 0 Å². The van der Waals surface area contributed by atoms with E-state index < -0.39 is 11.7 Å². The molecule has 1 aliphatic rings. The first kappa shape index (κ1) is 16.6. The molecular weight excluding hydrogens is 297 g/mol. The number of morpholine rings is 1. The Kier molecular flexibility index (Phi) is 4.94. The monoisotopic (exact) mass is 314 g/mol. The normalized spacial score (nSPS) is 22.5. The molecule has 1 saturated heterocycles. The van der Waals surface area contributed by atoms with Crippen molar-refractivity contribution in [1.29, 1.82) is 5.26 Å². The second kappa shape index (κ2) is 6.55. The van der Waals surface area contributed by atoms with E-state index in [4.69, 9.17) is 14.7 Å². The third-order valence-corrected chi connectivity index (χ3v) is 3.47. The fourth-order valence-electron chi connectivity index (χ4n) is 2.60. The molecule has 120 valence electrons. The highest BCUT2D eigenvalue weighted by Gasteiger charge is 2.34. The molecular formula is C15H17F3N2O2. The molecule has 0 saturated carbocycles. The number of alkyl halides is 3. The minimum absolute atomic E-state index is 0.0678. The minimum atomic E-state index is -4.53. The van der Waals surface area contributed by atoms with Crippen LogP contribution in [0.3, 0.4) is 0 Å². The van der Waals surface area contributed by atoms with E-state index in [0.717, 1.165) is 6.07 Å². The van der Waals surface area contributed by atoms with Crippen LogP contribution in [0, 0.1) is 11.3 Å². The van der Waals surface area contributed by atoms with Crippen molar-refractivity contribution in [2.45, 2.75) is 25.3 Å². The average molecular weight is 314 g/mol. The lowest BCUT2D eigenvalue weighted by atomic mass is 10.1. The molecule has 1 aromatic rings. The van der Waals surface area contributed by atoms with Crippen molar-refractivity contribution in [3.05, 3.63) is 29.3 Å². The van der Waals surface area contributed by atoms with Crippen molar-refractivity contribution in [3.8, 4) is 6.07 Å². The number of hydrogen-bond donors (Lipinski definition) is 0. The molecule has 1 aromatic carbocycles. The zero-order chi connectivity index (χ0) is 16.3. The van der Waals surface area contributed by atoms with Gasteiger partial charge in [0, 0.05) is 25.9 Å². The van der Waals surface area contributed by atoms with Crippen molar-refractivity contribution in [2.75, 3.05) is 31.7 Å². The Morgan fingerprint density at radius 3 is 2.73 bits per heavy atom. The topological polar surface area (TPSA) is 45.5 Å². The van der Waals surface area contributed by atoms with Crippen LogP contribution in [0.2, 0.25) is 0 Å². The molecule has 22 heavy (non-hydrogen) atoms. The van der Waals surface area contributed by atoms with Gasteiger partial charge in [-0.1, -0.05) is 0 Å². The number of rotatable bonds is 3. The fraction of sp³-hybridized carbons (Fsp3) is 0.533. The van der Waals surface area contributed by atoms with Crippen LogP contribution in [0.5, 0.6) is 0 Å². The maximum Gasteiger partial charge on any atom is 0.417 e. The largest absolute Gasteiger partial charge is 0.417 e. The Hall–Kier alpha value is -1.78. The molecule has 1 heterocycles.